The maximum Gasteiger partial charge on any atom is 0.230 e. The van der Waals surface area contributed by atoms with Crippen LogP contribution in [0.25, 0.3) is 0 Å². The van der Waals surface area contributed by atoms with Crippen LogP contribution in [0.4, 0.5) is 0 Å². The fourth-order valence-corrected chi connectivity index (χ4v) is 2.26. The maximum atomic E-state index is 11.7. The molecule has 0 aromatic heterocycles. The third kappa shape index (κ3) is 6.93. The second-order valence-electron chi connectivity index (χ2n) is 5.12. The van der Waals surface area contributed by atoms with E-state index < -0.39 is 5.60 Å². The van der Waals surface area contributed by atoms with E-state index in [4.69, 9.17) is 4.74 Å². The summed E-state index contributed by atoms with van der Waals surface area (Å²) in [6.07, 6.45) is 0.495. The number of rotatable bonds is 8. The summed E-state index contributed by atoms with van der Waals surface area (Å²) < 4.78 is 4.92. The minimum absolute atomic E-state index is 0.0757. The first-order chi connectivity index (χ1) is 9.43. The number of carbonyl (C=O) groups excluding carboxylic acids is 1. The Morgan fingerprint density at radius 1 is 1.40 bits per heavy atom. The molecule has 1 amide bonds. The molecule has 0 aliphatic carbocycles. The predicted octanol–water partition coefficient (Wildman–Crippen LogP) is 1.99. The van der Waals surface area contributed by atoms with Crippen molar-refractivity contribution in [1.82, 2.24) is 5.32 Å². The van der Waals surface area contributed by atoms with Crippen LogP contribution in [0, 0.1) is 6.92 Å². The van der Waals surface area contributed by atoms with Gasteiger partial charge in [-0.05, 0) is 26.0 Å². The Morgan fingerprint density at radius 3 is 2.65 bits per heavy atom. The van der Waals surface area contributed by atoms with Crippen LogP contribution in [0.5, 0.6) is 0 Å². The molecule has 20 heavy (non-hydrogen) atoms. The van der Waals surface area contributed by atoms with Gasteiger partial charge in [0.05, 0.1) is 11.4 Å². The molecule has 0 saturated heterocycles. The largest absolute Gasteiger partial charge is 0.388 e. The van der Waals surface area contributed by atoms with Gasteiger partial charge in [-0.15, -0.1) is 11.8 Å². The predicted molar refractivity (Wildman–Crippen MR) is 82.0 cm³/mol. The number of ether oxygens (including phenoxy) is 1. The van der Waals surface area contributed by atoms with E-state index >= 15 is 0 Å². The van der Waals surface area contributed by atoms with Crippen molar-refractivity contribution in [3.05, 3.63) is 29.8 Å². The smallest absolute Gasteiger partial charge is 0.230 e. The Bertz CT molecular complexity index is 418. The van der Waals surface area contributed by atoms with Gasteiger partial charge in [0.1, 0.15) is 0 Å². The molecule has 0 aliphatic rings. The third-order valence-electron chi connectivity index (χ3n) is 2.90. The van der Waals surface area contributed by atoms with Crippen molar-refractivity contribution < 1.29 is 14.6 Å². The SMILES string of the molecule is COCCC(C)(O)CNC(=O)CSc1ccc(C)cc1. The highest BCUT2D eigenvalue weighted by Gasteiger charge is 2.20. The van der Waals surface area contributed by atoms with E-state index in [-0.39, 0.29) is 12.5 Å². The molecule has 0 radical (unpaired) electrons. The number of hydrogen-bond acceptors (Lipinski definition) is 4. The van der Waals surface area contributed by atoms with Crippen molar-refractivity contribution in [2.24, 2.45) is 0 Å². The minimum Gasteiger partial charge on any atom is -0.388 e. The van der Waals surface area contributed by atoms with Gasteiger partial charge < -0.3 is 15.2 Å². The lowest BCUT2D eigenvalue weighted by molar-refractivity contribution is -0.119. The third-order valence-corrected chi connectivity index (χ3v) is 3.91. The van der Waals surface area contributed by atoms with E-state index in [9.17, 15) is 9.90 Å². The first-order valence-electron chi connectivity index (χ1n) is 6.60. The zero-order valence-corrected chi connectivity index (χ0v) is 13.1. The number of thioether (sulfide) groups is 1. The lowest BCUT2D eigenvalue weighted by atomic mass is 10.0. The topological polar surface area (TPSA) is 58.6 Å². The number of benzene rings is 1. The van der Waals surface area contributed by atoms with Crippen LogP contribution in [-0.4, -0.2) is 42.6 Å². The summed E-state index contributed by atoms with van der Waals surface area (Å²) in [7, 11) is 1.59. The molecule has 2 N–H and O–H groups in total. The Kier molecular flexibility index (Phi) is 7.05. The van der Waals surface area contributed by atoms with Crippen molar-refractivity contribution >= 4 is 17.7 Å². The van der Waals surface area contributed by atoms with Crippen molar-refractivity contribution in [1.29, 1.82) is 0 Å². The highest BCUT2D eigenvalue weighted by Crippen LogP contribution is 2.17. The van der Waals surface area contributed by atoms with Gasteiger partial charge in [-0.3, -0.25) is 4.79 Å². The van der Waals surface area contributed by atoms with Crippen molar-refractivity contribution in [3.63, 3.8) is 0 Å². The molecule has 1 rings (SSSR count). The highest BCUT2D eigenvalue weighted by atomic mass is 32.2. The molecule has 1 aromatic carbocycles. The summed E-state index contributed by atoms with van der Waals surface area (Å²) in [5, 5.41) is 12.8. The fourth-order valence-electron chi connectivity index (χ4n) is 1.53. The molecule has 0 fully saturated rings. The van der Waals surface area contributed by atoms with Gasteiger partial charge in [0.15, 0.2) is 0 Å². The molecule has 1 aromatic rings. The molecule has 5 heteroatoms. The Balaban J connectivity index is 2.28. The summed E-state index contributed by atoms with van der Waals surface area (Å²) in [6.45, 7) is 4.44. The molecular weight excluding hydrogens is 274 g/mol. The van der Waals surface area contributed by atoms with E-state index in [1.54, 1.807) is 14.0 Å². The molecule has 0 spiro atoms. The zero-order chi connectivity index (χ0) is 15.0. The van der Waals surface area contributed by atoms with Crippen LogP contribution in [0.15, 0.2) is 29.2 Å². The average molecular weight is 297 g/mol. The van der Waals surface area contributed by atoms with Crippen LogP contribution >= 0.6 is 11.8 Å². The average Bonchev–Trinajstić information content (AvgIpc) is 2.42. The van der Waals surface area contributed by atoms with E-state index in [2.05, 4.69) is 5.32 Å². The van der Waals surface area contributed by atoms with Crippen LogP contribution in [0.3, 0.4) is 0 Å². The van der Waals surface area contributed by atoms with Crippen LogP contribution in [0.1, 0.15) is 18.9 Å². The molecule has 0 aliphatic heterocycles. The minimum atomic E-state index is -0.930. The second kappa shape index (κ2) is 8.29. The van der Waals surface area contributed by atoms with E-state index in [0.717, 1.165) is 4.90 Å². The van der Waals surface area contributed by atoms with E-state index in [1.165, 1.54) is 17.3 Å². The summed E-state index contributed by atoms with van der Waals surface area (Å²) in [4.78, 5) is 12.8. The Morgan fingerprint density at radius 2 is 2.05 bits per heavy atom. The van der Waals surface area contributed by atoms with Gasteiger partial charge in [0.2, 0.25) is 5.91 Å². The number of hydrogen-bond donors (Lipinski definition) is 2. The fraction of sp³-hybridized carbons (Fsp3) is 0.533. The van der Waals surface area contributed by atoms with Crippen molar-refractivity contribution in [3.8, 4) is 0 Å². The van der Waals surface area contributed by atoms with E-state index in [0.29, 0.717) is 18.8 Å². The highest BCUT2D eigenvalue weighted by molar-refractivity contribution is 8.00. The van der Waals surface area contributed by atoms with Gasteiger partial charge in [-0.2, -0.15) is 0 Å². The number of carbonyl (C=O) groups is 1. The molecule has 0 heterocycles. The quantitative estimate of drug-likeness (QED) is 0.721. The molecule has 0 bridgehead atoms. The standard InChI is InChI=1S/C15H23NO3S/c1-12-4-6-13(7-5-12)20-10-14(17)16-11-15(2,18)8-9-19-3/h4-7,18H,8-11H2,1-3H3,(H,16,17). The molecule has 0 saturated carbocycles. The number of aryl methyl sites for hydroxylation is 1. The summed E-state index contributed by atoms with van der Waals surface area (Å²) in [6, 6.07) is 8.05. The van der Waals surface area contributed by atoms with E-state index in [1.807, 2.05) is 31.2 Å². The zero-order valence-electron chi connectivity index (χ0n) is 12.3. The van der Waals surface area contributed by atoms with Crippen LogP contribution in [0.2, 0.25) is 0 Å². The lowest BCUT2D eigenvalue weighted by Gasteiger charge is -2.23. The summed E-state index contributed by atoms with van der Waals surface area (Å²) in [5.41, 5.74) is 0.271. The monoisotopic (exact) mass is 297 g/mol. The Labute approximate surface area is 124 Å². The van der Waals surface area contributed by atoms with Gasteiger partial charge in [0.25, 0.3) is 0 Å². The molecule has 4 nitrogen and oxygen atoms in total. The van der Waals surface area contributed by atoms with Gasteiger partial charge >= 0.3 is 0 Å². The molecule has 112 valence electrons. The number of amides is 1. The maximum absolute atomic E-state index is 11.7. The normalized spacial score (nSPS) is 13.8. The number of nitrogens with one attached hydrogen (secondary N) is 1. The molecule has 1 unspecified atom stereocenters. The van der Waals surface area contributed by atoms with Crippen LogP contribution < -0.4 is 5.32 Å². The van der Waals surface area contributed by atoms with Gasteiger partial charge in [-0.25, -0.2) is 0 Å². The Hall–Kier alpha value is -1.04. The van der Waals surface area contributed by atoms with Gasteiger partial charge in [-0.1, -0.05) is 17.7 Å². The summed E-state index contributed by atoms with van der Waals surface area (Å²) >= 11 is 1.49. The lowest BCUT2D eigenvalue weighted by Crippen LogP contribution is -2.41. The van der Waals surface area contributed by atoms with Gasteiger partial charge in [0, 0.05) is 31.6 Å². The van der Waals surface area contributed by atoms with Crippen molar-refractivity contribution in [2.75, 3.05) is 26.0 Å². The molecular formula is C15H23NO3S. The summed E-state index contributed by atoms with van der Waals surface area (Å²) in [5.74, 6) is 0.275. The second-order valence-corrected chi connectivity index (χ2v) is 6.17. The van der Waals surface area contributed by atoms with Crippen molar-refractivity contribution in [2.45, 2.75) is 30.8 Å². The first kappa shape index (κ1) is 17.0. The van der Waals surface area contributed by atoms with Crippen LogP contribution in [-0.2, 0) is 9.53 Å². The first-order valence-corrected chi connectivity index (χ1v) is 7.59. The molecule has 1 atom stereocenters. The number of methoxy groups -OCH3 is 1. The number of aliphatic hydroxyl groups is 1.